The zero-order valence-electron chi connectivity index (χ0n) is 17.1. The smallest absolute Gasteiger partial charge is 0.425 e. The van der Waals surface area contributed by atoms with E-state index < -0.39 is 10.6 Å². The van der Waals surface area contributed by atoms with Gasteiger partial charge in [0.1, 0.15) is 5.75 Å². The summed E-state index contributed by atoms with van der Waals surface area (Å²) < 4.78 is 30.6. The minimum absolute atomic E-state index is 0.172. The number of nitrogens with two attached hydrogens (primary N) is 1. The van der Waals surface area contributed by atoms with E-state index in [9.17, 15) is 14.7 Å². The number of anilines is 1. The summed E-state index contributed by atoms with van der Waals surface area (Å²) >= 11 is 0. The number of carbonyl (C=O) groups is 2. The zero-order valence-corrected chi connectivity index (χ0v) is 17.9. The number of allylic oxidation sites excluding steroid dienone is 2. The molecule has 9 heteroatoms. The lowest BCUT2D eigenvalue weighted by molar-refractivity contribution is -0.121. The number of benzene rings is 2. The van der Waals surface area contributed by atoms with E-state index in [1.165, 1.54) is 12.2 Å². The summed E-state index contributed by atoms with van der Waals surface area (Å²) in [4.78, 5) is 24.0. The minimum Gasteiger partial charge on any atom is -0.496 e. The topological polar surface area (TPSA) is 141 Å². The molecule has 0 aliphatic carbocycles. The number of methoxy groups -OCH3 is 1. The SMILES string of the molecule is COc1cc(/C=C/C(=O)CC(=O)/C=C/c2ccc(N)c(CO)c2)ccc1C.O=S(=O)=O. The van der Waals surface area contributed by atoms with E-state index >= 15 is 0 Å². The molecule has 0 unspecified atom stereocenters. The Labute approximate surface area is 181 Å². The van der Waals surface area contributed by atoms with Crippen LogP contribution in [-0.4, -0.2) is 36.4 Å². The fraction of sp³-hybridized carbons (Fsp3) is 0.182. The molecule has 0 saturated heterocycles. The van der Waals surface area contributed by atoms with Crippen molar-refractivity contribution in [3.05, 3.63) is 70.8 Å². The number of ether oxygens (including phenoxy) is 1. The third-order valence-electron chi connectivity index (χ3n) is 4.04. The Morgan fingerprint density at radius 1 is 1.00 bits per heavy atom. The predicted octanol–water partition coefficient (Wildman–Crippen LogP) is 2.33. The van der Waals surface area contributed by atoms with E-state index in [4.69, 9.17) is 23.1 Å². The second-order valence-corrected chi connectivity index (χ2v) is 6.73. The summed E-state index contributed by atoms with van der Waals surface area (Å²) in [5, 5.41) is 9.21. The first-order valence-corrected chi connectivity index (χ1v) is 9.98. The van der Waals surface area contributed by atoms with Gasteiger partial charge in [-0.1, -0.05) is 30.4 Å². The Bertz CT molecular complexity index is 1020. The highest BCUT2D eigenvalue weighted by Gasteiger charge is 2.05. The maximum absolute atomic E-state index is 12.0. The van der Waals surface area contributed by atoms with Crippen molar-refractivity contribution in [3.8, 4) is 5.75 Å². The van der Waals surface area contributed by atoms with Crippen molar-refractivity contribution in [1.29, 1.82) is 0 Å². The van der Waals surface area contributed by atoms with Crippen molar-refractivity contribution in [3.63, 3.8) is 0 Å². The first-order chi connectivity index (χ1) is 14.7. The molecule has 0 aliphatic rings. The molecule has 0 aromatic heterocycles. The molecular formula is C22H23NO7S. The molecule has 8 nitrogen and oxygen atoms in total. The molecule has 2 aromatic carbocycles. The second-order valence-electron chi connectivity index (χ2n) is 6.33. The maximum atomic E-state index is 12.0. The van der Waals surface area contributed by atoms with Gasteiger partial charge in [0.2, 0.25) is 0 Å². The molecule has 0 atom stereocenters. The van der Waals surface area contributed by atoms with Crippen molar-refractivity contribution in [1.82, 2.24) is 0 Å². The molecule has 0 fully saturated rings. The molecule has 164 valence electrons. The Hall–Kier alpha value is -3.56. The summed E-state index contributed by atoms with van der Waals surface area (Å²) in [6, 6.07) is 10.7. The Morgan fingerprint density at radius 3 is 2.03 bits per heavy atom. The number of aliphatic hydroxyl groups excluding tert-OH is 1. The van der Waals surface area contributed by atoms with Gasteiger partial charge in [-0.2, -0.15) is 0 Å². The Kier molecular flexibility index (Phi) is 10.6. The van der Waals surface area contributed by atoms with Gasteiger partial charge in [0, 0.05) is 11.3 Å². The average Bonchev–Trinajstić information content (AvgIpc) is 2.72. The summed E-state index contributed by atoms with van der Waals surface area (Å²) in [7, 11) is -1.52. The molecule has 0 bridgehead atoms. The fourth-order valence-corrected chi connectivity index (χ4v) is 2.47. The fourth-order valence-electron chi connectivity index (χ4n) is 2.47. The minimum atomic E-state index is -3.11. The second kappa shape index (κ2) is 12.9. The van der Waals surface area contributed by atoms with E-state index in [1.54, 1.807) is 37.5 Å². The van der Waals surface area contributed by atoms with Crippen molar-refractivity contribution < 1.29 is 32.1 Å². The standard InChI is InChI=1S/C22H23NO4.O3S/c1-15-3-4-17(12-22(15)27-2)6-9-20(26)13-19(25)8-5-16-7-10-21(23)18(11-16)14-24;1-4(2)3/h3-12,24H,13-14,23H2,1-2H3;/b8-5+,9-6+;. The number of aryl methyl sites for hydroxylation is 1. The van der Waals surface area contributed by atoms with Crippen LogP contribution in [0.25, 0.3) is 12.2 Å². The molecule has 0 aliphatic heterocycles. The van der Waals surface area contributed by atoms with Crippen LogP contribution in [-0.2, 0) is 26.8 Å². The number of nitrogen functional groups attached to an aromatic ring is 1. The van der Waals surface area contributed by atoms with Crippen molar-refractivity contribution in [2.75, 3.05) is 12.8 Å². The average molecular weight is 445 g/mol. The van der Waals surface area contributed by atoms with Crippen molar-refractivity contribution in [2.45, 2.75) is 20.0 Å². The number of hydrogen-bond acceptors (Lipinski definition) is 8. The van der Waals surface area contributed by atoms with Gasteiger partial charge >= 0.3 is 10.6 Å². The van der Waals surface area contributed by atoms with Crippen LogP contribution in [0, 0.1) is 6.92 Å². The summed E-state index contributed by atoms with van der Waals surface area (Å²) in [5.41, 5.74) is 9.37. The Balaban J connectivity index is 0.00000110. The lowest BCUT2D eigenvalue weighted by Crippen LogP contribution is -2.02. The van der Waals surface area contributed by atoms with Gasteiger partial charge in [-0.05, 0) is 54.0 Å². The molecule has 0 saturated carbocycles. The normalized spacial score (nSPS) is 10.5. The van der Waals surface area contributed by atoms with E-state index in [1.807, 2.05) is 25.1 Å². The van der Waals surface area contributed by atoms with Crippen LogP contribution in [0.1, 0.15) is 28.7 Å². The summed E-state index contributed by atoms with van der Waals surface area (Å²) in [6.45, 7) is 1.77. The largest absolute Gasteiger partial charge is 0.496 e. The molecule has 3 N–H and O–H groups in total. The van der Waals surface area contributed by atoms with Crippen LogP contribution >= 0.6 is 0 Å². The predicted molar refractivity (Wildman–Crippen MR) is 117 cm³/mol. The molecule has 2 rings (SSSR count). The zero-order chi connectivity index (χ0) is 23.4. The van der Waals surface area contributed by atoms with Crippen LogP contribution in [0.15, 0.2) is 48.6 Å². The number of ketones is 2. The third-order valence-corrected chi connectivity index (χ3v) is 4.04. The van der Waals surface area contributed by atoms with Crippen LogP contribution in [0.3, 0.4) is 0 Å². The first-order valence-electron chi connectivity index (χ1n) is 8.98. The molecule has 0 amide bonds. The number of rotatable bonds is 8. The molecular weight excluding hydrogens is 422 g/mol. The van der Waals surface area contributed by atoms with E-state index in [2.05, 4.69) is 0 Å². The van der Waals surface area contributed by atoms with Gasteiger partial charge in [0.25, 0.3) is 0 Å². The van der Waals surface area contributed by atoms with Gasteiger partial charge in [0.05, 0.1) is 20.1 Å². The Morgan fingerprint density at radius 2 is 1.52 bits per heavy atom. The van der Waals surface area contributed by atoms with Gasteiger partial charge in [0.15, 0.2) is 11.6 Å². The molecule has 31 heavy (non-hydrogen) atoms. The van der Waals surface area contributed by atoms with Crippen LogP contribution < -0.4 is 10.5 Å². The van der Waals surface area contributed by atoms with Gasteiger partial charge in [-0.25, -0.2) is 0 Å². The van der Waals surface area contributed by atoms with Crippen molar-refractivity contribution in [2.24, 2.45) is 0 Å². The van der Waals surface area contributed by atoms with Crippen molar-refractivity contribution >= 4 is 40.0 Å². The first kappa shape index (κ1) is 25.5. The van der Waals surface area contributed by atoms with E-state index in [0.29, 0.717) is 11.3 Å². The quantitative estimate of drug-likeness (QED) is 0.358. The third kappa shape index (κ3) is 9.66. The van der Waals surface area contributed by atoms with Gasteiger partial charge in [-0.3, -0.25) is 9.59 Å². The molecule has 0 radical (unpaired) electrons. The van der Waals surface area contributed by atoms with Gasteiger partial charge in [-0.15, -0.1) is 12.6 Å². The highest BCUT2D eigenvalue weighted by Crippen LogP contribution is 2.20. The number of carbonyl (C=O) groups excluding carboxylic acids is 2. The van der Waals surface area contributed by atoms with E-state index in [-0.39, 0.29) is 24.6 Å². The molecule has 2 aromatic rings. The van der Waals surface area contributed by atoms with Crippen LogP contribution in [0.5, 0.6) is 5.75 Å². The monoisotopic (exact) mass is 445 g/mol. The molecule has 0 heterocycles. The number of hydrogen-bond donors (Lipinski definition) is 2. The highest BCUT2D eigenvalue weighted by molar-refractivity contribution is 7.59. The maximum Gasteiger partial charge on any atom is 0.425 e. The van der Waals surface area contributed by atoms with E-state index in [0.717, 1.165) is 22.4 Å². The number of aliphatic hydroxyl groups is 1. The summed E-state index contributed by atoms with van der Waals surface area (Å²) in [5.74, 6) is 0.167. The van der Waals surface area contributed by atoms with Crippen LogP contribution in [0.4, 0.5) is 5.69 Å². The summed E-state index contributed by atoms with van der Waals surface area (Å²) in [6.07, 6.45) is 5.80. The molecule has 0 spiro atoms. The lowest BCUT2D eigenvalue weighted by atomic mass is 10.1. The lowest BCUT2D eigenvalue weighted by Gasteiger charge is -2.04. The van der Waals surface area contributed by atoms with Crippen LogP contribution in [0.2, 0.25) is 0 Å². The van der Waals surface area contributed by atoms with Gasteiger partial charge < -0.3 is 15.6 Å². The highest BCUT2D eigenvalue weighted by atomic mass is 32.2.